The van der Waals surface area contributed by atoms with E-state index in [2.05, 4.69) is 23.1 Å². The molecule has 0 aromatic heterocycles. The molecule has 1 atom stereocenters. The molecule has 0 N–H and O–H groups in total. The fourth-order valence-corrected chi connectivity index (χ4v) is 2.50. The lowest BCUT2D eigenvalue weighted by Crippen LogP contribution is -2.26. The first-order valence-corrected chi connectivity index (χ1v) is 5.41. The molecule has 1 unspecified atom stereocenters. The Labute approximate surface area is 84.5 Å². The lowest BCUT2D eigenvalue weighted by atomic mass is 10.1. The molecule has 74 valence electrons. The Hall–Kier alpha value is -1.02. The van der Waals surface area contributed by atoms with Crippen molar-refractivity contribution in [3.05, 3.63) is 29.8 Å². The van der Waals surface area contributed by atoms with E-state index < -0.39 is 0 Å². The second-order valence-electron chi connectivity index (χ2n) is 4.11. The maximum Gasteiger partial charge on any atom is 0.124 e. The van der Waals surface area contributed by atoms with Crippen molar-refractivity contribution in [3.63, 3.8) is 0 Å². The Morgan fingerprint density at radius 1 is 1.14 bits per heavy atom. The molecule has 14 heavy (non-hydrogen) atoms. The fourth-order valence-electron chi connectivity index (χ4n) is 2.50. The molecule has 3 rings (SSSR count). The van der Waals surface area contributed by atoms with E-state index in [-0.39, 0.29) is 0 Å². The van der Waals surface area contributed by atoms with Crippen LogP contribution in [0.2, 0.25) is 0 Å². The molecule has 2 aliphatic rings. The van der Waals surface area contributed by atoms with Gasteiger partial charge in [0.05, 0.1) is 6.04 Å². The Morgan fingerprint density at radius 3 is 2.79 bits per heavy atom. The lowest BCUT2D eigenvalue weighted by molar-refractivity contribution is 0.195. The third-order valence-electron chi connectivity index (χ3n) is 3.26. The lowest BCUT2D eigenvalue weighted by Gasteiger charge is -2.21. The van der Waals surface area contributed by atoms with Gasteiger partial charge in [0.2, 0.25) is 0 Å². The molecule has 0 aliphatic carbocycles. The van der Waals surface area contributed by atoms with E-state index >= 15 is 0 Å². The van der Waals surface area contributed by atoms with Gasteiger partial charge in [-0.2, -0.15) is 0 Å². The van der Waals surface area contributed by atoms with Crippen LogP contribution in [0.25, 0.3) is 0 Å². The molecule has 1 saturated heterocycles. The third-order valence-corrected chi connectivity index (χ3v) is 3.26. The van der Waals surface area contributed by atoms with Gasteiger partial charge in [-0.3, -0.25) is 4.90 Å². The number of benzene rings is 1. The Balaban J connectivity index is 1.89. The summed E-state index contributed by atoms with van der Waals surface area (Å²) in [5, 5.41) is 0. The summed E-state index contributed by atoms with van der Waals surface area (Å²) in [7, 11) is 0. The molecule has 1 aromatic carbocycles. The molecule has 0 amide bonds. The highest BCUT2D eigenvalue weighted by Crippen LogP contribution is 2.36. The van der Waals surface area contributed by atoms with Crippen LogP contribution in [0.15, 0.2) is 24.3 Å². The summed E-state index contributed by atoms with van der Waals surface area (Å²) in [6.07, 6.45) is 2.69. The normalized spacial score (nSPS) is 26.1. The third kappa shape index (κ3) is 1.22. The van der Waals surface area contributed by atoms with Gasteiger partial charge in [0.1, 0.15) is 12.4 Å². The molecule has 2 aliphatic heterocycles. The van der Waals surface area contributed by atoms with Gasteiger partial charge in [-0.15, -0.1) is 0 Å². The number of hydrogen-bond donors (Lipinski definition) is 0. The minimum atomic E-state index is 0.522. The molecule has 2 heteroatoms. The van der Waals surface area contributed by atoms with E-state index in [0.717, 1.165) is 12.4 Å². The van der Waals surface area contributed by atoms with Crippen LogP contribution < -0.4 is 4.74 Å². The fraction of sp³-hybridized carbons (Fsp3) is 0.500. The number of ether oxygens (including phenoxy) is 1. The van der Waals surface area contributed by atoms with Crippen molar-refractivity contribution >= 4 is 0 Å². The SMILES string of the molecule is c1ccc2c(c1)OCC2N1CCCC1. The highest BCUT2D eigenvalue weighted by atomic mass is 16.5. The molecule has 0 spiro atoms. The minimum Gasteiger partial charge on any atom is -0.491 e. The topological polar surface area (TPSA) is 12.5 Å². The first-order valence-electron chi connectivity index (χ1n) is 5.41. The molecule has 1 fully saturated rings. The molecular formula is C12H15NO. The van der Waals surface area contributed by atoms with Crippen molar-refractivity contribution in [3.8, 4) is 5.75 Å². The zero-order valence-electron chi connectivity index (χ0n) is 8.28. The first kappa shape index (κ1) is 8.30. The van der Waals surface area contributed by atoms with Gasteiger partial charge in [0.15, 0.2) is 0 Å². The van der Waals surface area contributed by atoms with E-state index in [0.29, 0.717) is 6.04 Å². The predicted octanol–water partition coefficient (Wildman–Crippen LogP) is 2.22. The van der Waals surface area contributed by atoms with Gasteiger partial charge in [-0.05, 0) is 32.0 Å². The van der Waals surface area contributed by atoms with Crippen LogP contribution in [0.3, 0.4) is 0 Å². The minimum absolute atomic E-state index is 0.522. The molecule has 2 nitrogen and oxygen atoms in total. The monoisotopic (exact) mass is 189 g/mol. The number of nitrogens with zero attached hydrogens (tertiary/aromatic N) is 1. The number of para-hydroxylation sites is 1. The standard InChI is InChI=1S/C12H15NO/c1-2-6-12-10(5-1)11(9-14-12)13-7-3-4-8-13/h1-2,5-6,11H,3-4,7-9H2. The average molecular weight is 189 g/mol. The van der Waals surface area contributed by atoms with E-state index in [9.17, 15) is 0 Å². The summed E-state index contributed by atoms with van der Waals surface area (Å²) < 4.78 is 5.68. The van der Waals surface area contributed by atoms with Crippen molar-refractivity contribution in [1.29, 1.82) is 0 Å². The summed E-state index contributed by atoms with van der Waals surface area (Å²) in [5.41, 5.74) is 1.38. The van der Waals surface area contributed by atoms with Crippen molar-refractivity contribution < 1.29 is 4.74 Å². The molecule has 1 aromatic rings. The number of fused-ring (bicyclic) bond motifs is 1. The van der Waals surface area contributed by atoms with Gasteiger partial charge >= 0.3 is 0 Å². The largest absolute Gasteiger partial charge is 0.491 e. The van der Waals surface area contributed by atoms with Gasteiger partial charge in [-0.1, -0.05) is 18.2 Å². The van der Waals surface area contributed by atoms with Gasteiger partial charge in [-0.25, -0.2) is 0 Å². The molecular weight excluding hydrogens is 174 g/mol. The smallest absolute Gasteiger partial charge is 0.124 e. The van der Waals surface area contributed by atoms with Crippen LogP contribution in [-0.4, -0.2) is 24.6 Å². The highest BCUT2D eigenvalue weighted by Gasteiger charge is 2.30. The van der Waals surface area contributed by atoms with Gasteiger partial charge in [0.25, 0.3) is 0 Å². The molecule has 2 heterocycles. The van der Waals surface area contributed by atoms with Crippen LogP contribution >= 0.6 is 0 Å². The zero-order chi connectivity index (χ0) is 9.38. The summed E-state index contributed by atoms with van der Waals surface area (Å²) >= 11 is 0. The summed E-state index contributed by atoms with van der Waals surface area (Å²) in [5.74, 6) is 1.09. The quantitative estimate of drug-likeness (QED) is 0.671. The van der Waals surface area contributed by atoms with Gasteiger partial charge in [0, 0.05) is 5.56 Å². The number of likely N-dealkylation sites (tertiary alicyclic amines) is 1. The second kappa shape index (κ2) is 3.28. The summed E-state index contributed by atoms with van der Waals surface area (Å²) in [6.45, 7) is 3.32. The molecule has 0 saturated carbocycles. The van der Waals surface area contributed by atoms with Gasteiger partial charge < -0.3 is 4.74 Å². The first-order chi connectivity index (χ1) is 6.95. The van der Waals surface area contributed by atoms with Crippen molar-refractivity contribution in [2.75, 3.05) is 19.7 Å². The summed E-state index contributed by atoms with van der Waals surface area (Å²) in [6, 6.07) is 8.95. The maximum atomic E-state index is 5.68. The van der Waals surface area contributed by atoms with Crippen LogP contribution in [0.5, 0.6) is 5.75 Å². The van der Waals surface area contributed by atoms with Crippen LogP contribution in [0, 0.1) is 0 Å². The van der Waals surface area contributed by atoms with Crippen LogP contribution in [0.1, 0.15) is 24.4 Å². The van der Waals surface area contributed by atoms with Crippen molar-refractivity contribution in [2.24, 2.45) is 0 Å². The Bertz CT molecular complexity index is 331. The molecule has 0 bridgehead atoms. The van der Waals surface area contributed by atoms with Crippen molar-refractivity contribution in [1.82, 2.24) is 4.90 Å². The van der Waals surface area contributed by atoms with E-state index in [1.54, 1.807) is 0 Å². The molecule has 0 radical (unpaired) electrons. The Kier molecular flexibility index (Phi) is 1.95. The second-order valence-corrected chi connectivity index (χ2v) is 4.11. The Morgan fingerprint density at radius 2 is 1.93 bits per heavy atom. The van der Waals surface area contributed by atoms with E-state index in [1.165, 1.54) is 31.5 Å². The van der Waals surface area contributed by atoms with Crippen molar-refractivity contribution in [2.45, 2.75) is 18.9 Å². The van der Waals surface area contributed by atoms with Crippen LogP contribution in [0.4, 0.5) is 0 Å². The number of rotatable bonds is 1. The van der Waals surface area contributed by atoms with E-state index in [1.807, 2.05) is 6.07 Å². The summed E-state index contributed by atoms with van der Waals surface area (Å²) in [4.78, 5) is 2.55. The zero-order valence-corrected chi connectivity index (χ0v) is 8.28. The van der Waals surface area contributed by atoms with E-state index in [4.69, 9.17) is 4.74 Å². The maximum absolute atomic E-state index is 5.68. The average Bonchev–Trinajstić information content (AvgIpc) is 2.85. The number of hydrogen-bond acceptors (Lipinski definition) is 2. The van der Waals surface area contributed by atoms with Crippen LogP contribution in [-0.2, 0) is 0 Å². The predicted molar refractivity (Wildman–Crippen MR) is 55.5 cm³/mol. The highest BCUT2D eigenvalue weighted by molar-refractivity contribution is 5.39.